The van der Waals surface area contributed by atoms with Crippen molar-refractivity contribution in [3.63, 3.8) is 0 Å². The van der Waals surface area contributed by atoms with Gasteiger partial charge in [0.25, 0.3) is 0 Å². The number of piperazine rings is 1. The number of fused-ring (bicyclic) bond motifs is 1. The van der Waals surface area contributed by atoms with Crippen molar-refractivity contribution in [2.45, 2.75) is 44.6 Å². The van der Waals surface area contributed by atoms with Gasteiger partial charge in [0.1, 0.15) is 11.9 Å². The molecule has 2 saturated carbocycles. The molecule has 2 aromatic rings. The third kappa shape index (κ3) is 3.72. The van der Waals surface area contributed by atoms with Crippen LogP contribution in [0.5, 0.6) is 0 Å². The van der Waals surface area contributed by atoms with Crippen molar-refractivity contribution in [3.8, 4) is 6.07 Å². The SMILES string of the molecule is Cc1ccc(C2CC3CC(N4CCN(c5ccc(C#N)c(F)c5)CC4)CC3C2)cc1. The first kappa shape index (κ1) is 19.6. The van der Waals surface area contributed by atoms with Gasteiger partial charge in [-0.05, 0) is 74.1 Å². The van der Waals surface area contributed by atoms with E-state index in [-0.39, 0.29) is 5.56 Å². The van der Waals surface area contributed by atoms with Gasteiger partial charge in [-0.25, -0.2) is 4.39 Å². The number of nitriles is 1. The minimum atomic E-state index is -0.413. The molecule has 0 N–H and O–H groups in total. The summed E-state index contributed by atoms with van der Waals surface area (Å²) in [5, 5.41) is 8.93. The molecule has 0 spiro atoms. The molecule has 0 bridgehead atoms. The zero-order valence-electron chi connectivity index (χ0n) is 17.7. The Morgan fingerprint density at radius 2 is 1.57 bits per heavy atom. The second-order valence-corrected chi connectivity index (χ2v) is 9.52. The number of hydrogen-bond donors (Lipinski definition) is 0. The van der Waals surface area contributed by atoms with E-state index in [0.29, 0.717) is 0 Å². The van der Waals surface area contributed by atoms with Crippen LogP contribution in [0.15, 0.2) is 42.5 Å². The van der Waals surface area contributed by atoms with Crippen LogP contribution in [0.1, 0.15) is 48.3 Å². The molecule has 0 amide bonds. The van der Waals surface area contributed by atoms with Crippen LogP contribution in [0.3, 0.4) is 0 Å². The van der Waals surface area contributed by atoms with Gasteiger partial charge in [-0.2, -0.15) is 5.26 Å². The Balaban J connectivity index is 1.15. The number of anilines is 1. The maximum atomic E-state index is 14.0. The summed E-state index contributed by atoms with van der Waals surface area (Å²) in [4.78, 5) is 4.93. The third-order valence-electron chi connectivity index (χ3n) is 7.81. The zero-order valence-corrected chi connectivity index (χ0v) is 17.7. The summed E-state index contributed by atoms with van der Waals surface area (Å²) in [6.07, 6.45) is 5.40. The fourth-order valence-electron chi connectivity index (χ4n) is 6.13. The van der Waals surface area contributed by atoms with Crippen molar-refractivity contribution in [2.24, 2.45) is 11.8 Å². The minimum Gasteiger partial charge on any atom is -0.369 e. The molecule has 1 aliphatic heterocycles. The molecular weight excluding hydrogens is 373 g/mol. The maximum Gasteiger partial charge on any atom is 0.143 e. The Labute approximate surface area is 179 Å². The van der Waals surface area contributed by atoms with Crippen molar-refractivity contribution in [1.82, 2.24) is 4.90 Å². The predicted molar refractivity (Wildman–Crippen MR) is 118 cm³/mol. The maximum absolute atomic E-state index is 14.0. The first-order chi connectivity index (χ1) is 14.6. The van der Waals surface area contributed by atoms with E-state index in [1.165, 1.54) is 42.9 Å². The topological polar surface area (TPSA) is 30.3 Å². The summed E-state index contributed by atoms with van der Waals surface area (Å²) < 4.78 is 14.0. The molecular formula is C26H30FN3. The highest BCUT2D eigenvalue weighted by atomic mass is 19.1. The van der Waals surface area contributed by atoms with Gasteiger partial charge in [0, 0.05) is 37.9 Å². The van der Waals surface area contributed by atoms with Gasteiger partial charge in [-0.1, -0.05) is 29.8 Å². The van der Waals surface area contributed by atoms with Gasteiger partial charge in [0.05, 0.1) is 5.56 Å². The summed E-state index contributed by atoms with van der Waals surface area (Å²) >= 11 is 0. The highest BCUT2D eigenvalue weighted by Crippen LogP contribution is 2.51. The third-order valence-corrected chi connectivity index (χ3v) is 7.81. The van der Waals surface area contributed by atoms with Gasteiger partial charge in [-0.3, -0.25) is 4.90 Å². The van der Waals surface area contributed by atoms with E-state index in [1.807, 2.05) is 12.1 Å². The van der Waals surface area contributed by atoms with E-state index >= 15 is 0 Å². The van der Waals surface area contributed by atoms with Gasteiger partial charge in [0.2, 0.25) is 0 Å². The monoisotopic (exact) mass is 403 g/mol. The lowest BCUT2D eigenvalue weighted by molar-refractivity contribution is 0.179. The van der Waals surface area contributed by atoms with Crippen LogP contribution in [0.4, 0.5) is 10.1 Å². The number of hydrogen-bond acceptors (Lipinski definition) is 3. The lowest BCUT2D eigenvalue weighted by Crippen LogP contribution is -2.50. The van der Waals surface area contributed by atoms with E-state index < -0.39 is 5.82 Å². The first-order valence-electron chi connectivity index (χ1n) is 11.4. The highest BCUT2D eigenvalue weighted by molar-refractivity contribution is 5.50. The molecule has 1 saturated heterocycles. The van der Waals surface area contributed by atoms with E-state index in [9.17, 15) is 4.39 Å². The second-order valence-electron chi connectivity index (χ2n) is 9.52. The molecule has 2 unspecified atom stereocenters. The van der Waals surface area contributed by atoms with Crippen molar-refractivity contribution < 1.29 is 4.39 Å². The van der Waals surface area contributed by atoms with Crippen LogP contribution in [0, 0.1) is 35.9 Å². The van der Waals surface area contributed by atoms with Crippen molar-refractivity contribution >= 4 is 5.69 Å². The smallest absolute Gasteiger partial charge is 0.143 e. The Morgan fingerprint density at radius 3 is 2.17 bits per heavy atom. The van der Waals surface area contributed by atoms with E-state index in [1.54, 1.807) is 6.07 Å². The molecule has 0 aromatic heterocycles. The van der Waals surface area contributed by atoms with Crippen LogP contribution >= 0.6 is 0 Å². The Morgan fingerprint density at radius 1 is 0.900 bits per heavy atom. The number of halogens is 1. The average Bonchev–Trinajstić information content (AvgIpc) is 3.34. The molecule has 4 heteroatoms. The Kier molecular flexibility index (Phi) is 5.25. The molecule has 3 fully saturated rings. The molecule has 30 heavy (non-hydrogen) atoms. The van der Waals surface area contributed by atoms with Crippen molar-refractivity contribution in [3.05, 3.63) is 65.0 Å². The number of benzene rings is 2. The Bertz CT molecular complexity index is 926. The van der Waals surface area contributed by atoms with Gasteiger partial charge in [-0.15, -0.1) is 0 Å². The van der Waals surface area contributed by atoms with E-state index in [4.69, 9.17) is 5.26 Å². The normalized spacial score (nSPS) is 29.0. The van der Waals surface area contributed by atoms with Crippen LogP contribution in [0.25, 0.3) is 0 Å². The first-order valence-corrected chi connectivity index (χ1v) is 11.4. The van der Waals surface area contributed by atoms with Crippen molar-refractivity contribution in [1.29, 1.82) is 5.26 Å². The van der Waals surface area contributed by atoms with Crippen LogP contribution in [-0.2, 0) is 0 Å². The molecule has 1 heterocycles. The molecule has 2 aliphatic carbocycles. The average molecular weight is 404 g/mol. The lowest BCUT2D eigenvalue weighted by Gasteiger charge is -2.39. The standard InChI is InChI=1S/C26H30FN3/c1-18-2-4-19(5-3-18)21-12-22-14-25(15-23(22)13-21)30-10-8-29(9-11-30)24-7-6-20(17-28)26(27)16-24/h2-7,16,21-23,25H,8-15H2,1H3. The van der Waals surface area contributed by atoms with Gasteiger partial charge < -0.3 is 4.90 Å². The molecule has 0 radical (unpaired) electrons. The fraction of sp³-hybridized carbons (Fsp3) is 0.500. The largest absolute Gasteiger partial charge is 0.369 e. The summed E-state index contributed by atoms with van der Waals surface area (Å²) in [6, 6.07) is 16.8. The van der Waals surface area contributed by atoms with Crippen LogP contribution in [0.2, 0.25) is 0 Å². The minimum absolute atomic E-state index is 0.124. The summed E-state index contributed by atoms with van der Waals surface area (Å²) in [5.74, 6) is 2.10. The molecule has 2 aromatic carbocycles. The molecule has 156 valence electrons. The molecule has 3 aliphatic rings. The second kappa shape index (κ2) is 8.04. The molecule has 3 nitrogen and oxygen atoms in total. The van der Waals surface area contributed by atoms with Crippen LogP contribution < -0.4 is 4.90 Å². The lowest BCUT2D eigenvalue weighted by atomic mass is 9.93. The number of rotatable bonds is 3. The predicted octanol–water partition coefficient (Wildman–Crippen LogP) is 5.10. The van der Waals surface area contributed by atoms with E-state index in [0.717, 1.165) is 55.7 Å². The van der Waals surface area contributed by atoms with Crippen molar-refractivity contribution in [2.75, 3.05) is 31.1 Å². The van der Waals surface area contributed by atoms with E-state index in [2.05, 4.69) is 41.0 Å². The number of aryl methyl sites for hydroxylation is 1. The summed E-state index contributed by atoms with van der Waals surface area (Å²) in [6.45, 7) is 6.13. The molecule has 2 atom stereocenters. The highest BCUT2D eigenvalue weighted by Gasteiger charge is 2.43. The van der Waals surface area contributed by atoms with Gasteiger partial charge >= 0.3 is 0 Å². The quantitative estimate of drug-likeness (QED) is 0.714. The number of nitrogens with zero attached hydrogens (tertiary/aromatic N) is 3. The van der Waals surface area contributed by atoms with Crippen LogP contribution in [-0.4, -0.2) is 37.1 Å². The summed E-state index contributed by atoms with van der Waals surface area (Å²) in [5.41, 5.74) is 3.91. The fourth-order valence-corrected chi connectivity index (χ4v) is 6.13. The summed E-state index contributed by atoms with van der Waals surface area (Å²) in [7, 11) is 0. The van der Waals surface area contributed by atoms with Gasteiger partial charge in [0.15, 0.2) is 0 Å². The Hall–Kier alpha value is -2.38. The zero-order chi connectivity index (χ0) is 20.7. The molecule has 5 rings (SSSR count).